The van der Waals surface area contributed by atoms with Crippen molar-refractivity contribution in [3.05, 3.63) is 53.5 Å². The molecule has 0 unspecified atom stereocenters. The van der Waals surface area contributed by atoms with Crippen molar-refractivity contribution in [2.45, 2.75) is 24.7 Å². The van der Waals surface area contributed by atoms with Crippen molar-refractivity contribution in [3.8, 4) is 0 Å². The Kier molecular flexibility index (Phi) is 5.72. The third-order valence-corrected chi connectivity index (χ3v) is 5.62. The highest BCUT2D eigenvalue weighted by molar-refractivity contribution is 8.01. The molecule has 3 rings (SSSR count). The second-order valence-electron chi connectivity index (χ2n) is 5.39. The van der Waals surface area contributed by atoms with E-state index in [0.29, 0.717) is 17.4 Å². The van der Waals surface area contributed by atoms with Crippen LogP contribution in [0.25, 0.3) is 0 Å². The SMILES string of the molecule is Cc1cccc(NC(=O)CSc2nnc(NCc3ccco3)s2)c1C. The van der Waals surface area contributed by atoms with Crippen LogP contribution in [0.2, 0.25) is 0 Å². The Bertz CT molecular complexity index is 846. The summed E-state index contributed by atoms with van der Waals surface area (Å²) in [4.78, 5) is 12.1. The summed E-state index contributed by atoms with van der Waals surface area (Å²) in [5, 5.41) is 14.9. The number of amides is 1. The lowest BCUT2D eigenvalue weighted by molar-refractivity contribution is -0.113. The third-order valence-electron chi connectivity index (χ3n) is 3.61. The number of nitrogens with one attached hydrogen (secondary N) is 2. The second kappa shape index (κ2) is 8.17. The molecule has 2 heterocycles. The highest BCUT2D eigenvalue weighted by Crippen LogP contribution is 2.26. The number of carbonyl (C=O) groups excluding carboxylic acids is 1. The van der Waals surface area contributed by atoms with Gasteiger partial charge in [-0.3, -0.25) is 4.79 Å². The van der Waals surface area contributed by atoms with Crippen molar-refractivity contribution in [1.82, 2.24) is 10.2 Å². The highest BCUT2D eigenvalue weighted by Gasteiger charge is 2.10. The standard InChI is InChI=1S/C17H18N4O2S2/c1-11-5-3-7-14(12(11)2)19-15(22)10-24-17-21-20-16(25-17)18-9-13-6-4-8-23-13/h3-8H,9-10H2,1-2H3,(H,18,20)(H,19,22). The highest BCUT2D eigenvalue weighted by atomic mass is 32.2. The van der Waals surface area contributed by atoms with Crippen molar-refractivity contribution in [1.29, 1.82) is 0 Å². The van der Waals surface area contributed by atoms with E-state index in [9.17, 15) is 4.79 Å². The lowest BCUT2D eigenvalue weighted by Crippen LogP contribution is -2.15. The molecule has 0 spiro atoms. The Hall–Kier alpha value is -2.32. The quantitative estimate of drug-likeness (QED) is 0.606. The van der Waals surface area contributed by atoms with Crippen molar-refractivity contribution in [2.75, 3.05) is 16.4 Å². The van der Waals surface area contributed by atoms with E-state index in [1.165, 1.54) is 23.1 Å². The summed E-state index contributed by atoms with van der Waals surface area (Å²) < 4.78 is 6.00. The van der Waals surface area contributed by atoms with Gasteiger partial charge in [-0.1, -0.05) is 35.2 Å². The van der Waals surface area contributed by atoms with Crippen LogP contribution in [0.5, 0.6) is 0 Å². The summed E-state index contributed by atoms with van der Waals surface area (Å²) in [6.07, 6.45) is 1.63. The van der Waals surface area contributed by atoms with Gasteiger partial charge in [0.25, 0.3) is 0 Å². The minimum Gasteiger partial charge on any atom is -0.467 e. The zero-order valence-electron chi connectivity index (χ0n) is 13.9. The molecule has 2 aromatic heterocycles. The van der Waals surface area contributed by atoms with Gasteiger partial charge in [-0.2, -0.15) is 0 Å². The lowest BCUT2D eigenvalue weighted by Gasteiger charge is -2.09. The van der Waals surface area contributed by atoms with Crippen molar-refractivity contribution in [3.63, 3.8) is 0 Å². The topological polar surface area (TPSA) is 80.0 Å². The maximum absolute atomic E-state index is 12.1. The zero-order valence-corrected chi connectivity index (χ0v) is 15.5. The van der Waals surface area contributed by atoms with E-state index in [2.05, 4.69) is 20.8 Å². The first-order chi connectivity index (χ1) is 12.1. The fraction of sp³-hybridized carbons (Fsp3) is 0.235. The molecule has 8 heteroatoms. The average Bonchev–Trinajstić information content (AvgIpc) is 3.27. The molecule has 0 bridgehead atoms. The Balaban J connectivity index is 1.48. The number of hydrogen-bond donors (Lipinski definition) is 2. The first kappa shape index (κ1) is 17.5. The van der Waals surface area contributed by atoms with E-state index in [4.69, 9.17) is 4.42 Å². The van der Waals surface area contributed by atoms with Gasteiger partial charge in [-0.25, -0.2) is 0 Å². The molecule has 0 aliphatic heterocycles. The van der Waals surface area contributed by atoms with E-state index < -0.39 is 0 Å². The zero-order chi connectivity index (χ0) is 17.6. The largest absolute Gasteiger partial charge is 0.467 e. The smallest absolute Gasteiger partial charge is 0.234 e. The van der Waals surface area contributed by atoms with E-state index >= 15 is 0 Å². The van der Waals surface area contributed by atoms with Crippen molar-refractivity contribution in [2.24, 2.45) is 0 Å². The molecule has 0 radical (unpaired) electrons. The Morgan fingerprint density at radius 1 is 1.24 bits per heavy atom. The molecule has 0 atom stereocenters. The van der Waals surface area contributed by atoms with Gasteiger partial charge in [-0.05, 0) is 43.2 Å². The van der Waals surface area contributed by atoms with Crippen LogP contribution < -0.4 is 10.6 Å². The number of benzene rings is 1. The number of furan rings is 1. The molecule has 25 heavy (non-hydrogen) atoms. The van der Waals surface area contributed by atoms with Gasteiger partial charge in [0, 0.05) is 5.69 Å². The number of aromatic nitrogens is 2. The normalized spacial score (nSPS) is 10.6. The van der Waals surface area contributed by atoms with E-state index in [1.807, 2.05) is 44.2 Å². The number of aryl methyl sites for hydroxylation is 1. The maximum Gasteiger partial charge on any atom is 0.234 e. The van der Waals surface area contributed by atoms with Gasteiger partial charge in [0.05, 0.1) is 18.6 Å². The predicted molar refractivity (Wildman–Crippen MR) is 101 cm³/mol. The molecule has 2 N–H and O–H groups in total. The molecule has 1 amide bonds. The van der Waals surface area contributed by atoms with Crippen LogP contribution in [-0.4, -0.2) is 21.9 Å². The minimum atomic E-state index is -0.0565. The van der Waals surface area contributed by atoms with Gasteiger partial charge in [0.15, 0.2) is 4.34 Å². The number of rotatable bonds is 7. The first-order valence-corrected chi connectivity index (χ1v) is 9.50. The second-order valence-corrected chi connectivity index (χ2v) is 7.59. The van der Waals surface area contributed by atoms with Gasteiger partial charge < -0.3 is 15.1 Å². The molecule has 6 nitrogen and oxygen atoms in total. The molecule has 3 aromatic rings. The Morgan fingerprint density at radius 3 is 2.92 bits per heavy atom. The van der Waals surface area contributed by atoms with Crippen LogP contribution in [0.15, 0.2) is 45.4 Å². The molecule has 0 saturated carbocycles. The molecular weight excluding hydrogens is 356 g/mol. The van der Waals surface area contributed by atoms with Crippen LogP contribution in [0, 0.1) is 13.8 Å². The molecule has 1 aromatic carbocycles. The fourth-order valence-corrected chi connectivity index (χ4v) is 3.66. The van der Waals surface area contributed by atoms with Gasteiger partial charge in [0.1, 0.15) is 5.76 Å². The fourth-order valence-electron chi connectivity index (χ4n) is 2.12. The third kappa shape index (κ3) is 4.83. The van der Waals surface area contributed by atoms with Gasteiger partial charge >= 0.3 is 0 Å². The summed E-state index contributed by atoms with van der Waals surface area (Å²) in [7, 11) is 0. The lowest BCUT2D eigenvalue weighted by atomic mass is 10.1. The van der Waals surface area contributed by atoms with E-state index in [1.54, 1.807) is 6.26 Å². The summed E-state index contributed by atoms with van der Waals surface area (Å²) in [6.45, 7) is 4.58. The summed E-state index contributed by atoms with van der Waals surface area (Å²) in [5.74, 6) is 1.07. The van der Waals surface area contributed by atoms with Crippen molar-refractivity contribution >= 4 is 39.8 Å². The average molecular weight is 374 g/mol. The summed E-state index contributed by atoms with van der Waals surface area (Å²) in [6, 6.07) is 9.60. The Labute approximate surface area is 154 Å². The number of nitrogens with zero attached hydrogens (tertiary/aromatic N) is 2. The number of anilines is 2. The van der Waals surface area contributed by atoms with E-state index in [0.717, 1.165) is 26.9 Å². The first-order valence-electron chi connectivity index (χ1n) is 7.70. The van der Waals surface area contributed by atoms with Crippen LogP contribution in [0.1, 0.15) is 16.9 Å². The predicted octanol–water partition coefficient (Wildman–Crippen LogP) is 4.09. The molecule has 0 aliphatic rings. The monoisotopic (exact) mass is 374 g/mol. The van der Waals surface area contributed by atoms with Crippen LogP contribution in [-0.2, 0) is 11.3 Å². The van der Waals surface area contributed by atoms with Gasteiger partial charge in [-0.15, -0.1) is 10.2 Å². The van der Waals surface area contributed by atoms with E-state index in [-0.39, 0.29) is 5.91 Å². The number of thioether (sulfide) groups is 1. The summed E-state index contributed by atoms with van der Waals surface area (Å²) >= 11 is 2.79. The molecular formula is C17H18N4O2S2. The number of carbonyl (C=O) groups is 1. The van der Waals surface area contributed by atoms with Crippen LogP contribution in [0.3, 0.4) is 0 Å². The summed E-state index contributed by atoms with van der Waals surface area (Å²) in [5.41, 5.74) is 3.09. The molecule has 130 valence electrons. The Morgan fingerprint density at radius 2 is 2.12 bits per heavy atom. The molecule has 0 aliphatic carbocycles. The van der Waals surface area contributed by atoms with Gasteiger partial charge in [0.2, 0.25) is 11.0 Å². The minimum absolute atomic E-state index is 0.0565. The van der Waals surface area contributed by atoms with Crippen LogP contribution >= 0.6 is 23.1 Å². The molecule has 0 saturated heterocycles. The van der Waals surface area contributed by atoms with Crippen molar-refractivity contribution < 1.29 is 9.21 Å². The maximum atomic E-state index is 12.1. The van der Waals surface area contributed by atoms with Crippen LogP contribution in [0.4, 0.5) is 10.8 Å². The number of hydrogen-bond acceptors (Lipinski definition) is 7. The molecule has 0 fully saturated rings.